The van der Waals surface area contributed by atoms with Gasteiger partial charge in [-0.3, -0.25) is 4.68 Å². The van der Waals surface area contributed by atoms with Crippen LogP contribution in [0.1, 0.15) is 11.3 Å². The Kier molecular flexibility index (Phi) is 5.21. The molecule has 3 aromatic rings. The Morgan fingerprint density at radius 2 is 1.67 bits per heavy atom. The topological polar surface area (TPSA) is 36.3 Å². The molecule has 27 heavy (non-hydrogen) atoms. The normalized spacial score (nSPS) is 11.3. The van der Waals surface area contributed by atoms with Crippen LogP contribution in [0.2, 0.25) is 0 Å². The molecular weight excluding hydrogens is 357 g/mol. The number of alkyl halides is 3. The average Bonchev–Trinajstić information content (AvgIpc) is 3.01. The van der Waals surface area contributed by atoms with Gasteiger partial charge in [-0.05, 0) is 35.9 Å². The zero-order chi connectivity index (χ0) is 19.4. The zero-order valence-corrected chi connectivity index (χ0v) is 14.5. The number of aromatic nitrogens is 2. The molecule has 0 saturated carbocycles. The maximum Gasteiger partial charge on any atom is 0.573 e. The molecule has 0 N–H and O–H groups in total. The molecule has 0 amide bonds. The summed E-state index contributed by atoms with van der Waals surface area (Å²) in [6, 6.07) is 15.0. The Balaban J connectivity index is 1.66. The van der Waals surface area contributed by atoms with E-state index in [0.29, 0.717) is 5.75 Å². The van der Waals surface area contributed by atoms with Crippen molar-refractivity contribution in [3.63, 3.8) is 0 Å². The van der Waals surface area contributed by atoms with Gasteiger partial charge in [0.1, 0.15) is 18.1 Å². The maximum absolute atomic E-state index is 12.2. The van der Waals surface area contributed by atoms with Crippen molar-refractivity contribution < 1.29 is 22.6 Å². The summed E-state index contributed by atoms with van der Waals surface area (Å²) in [5, 5.41) is 4.47. The van der Waals surface area contributed by atoms with Gasteiger partial charge >= 0.3 is 6.36 Å². The number of hydrogen-bond acceptors (Lipinski definition) is 3. The van der Waals surface area contributed by atoms with E-state index in [9.17, 15) is 13.2 Å². The lowest BCUT2D eigenvalue weighted by molar-refractivity contribution is -0.274. The van der Waals surface area contributed by atoms with Crippen LogP contribution in [-0.2, 0) is 13.7 Å². The highest BCUT2D eigenvalue weighted by Gasteiger charge is 2.30. The number of rotatable bonds is 6. The highest BCUT2D eigenvalue weighted by atomic mass is 19.4. The van der Waals surface area contributed by atoms with Crippen LogP contribution in [0.15, 0.2) is 61.2 Å². The molecule has 0 saturated heterocycles. The lowest BCUT2D eigenvalue weighted by atomic mass is 10.1. The Morgan fingerprint density at radius 1 is 1.04 bits per heavy atom. The highest BCUT2D eigenvalue weighted by molar-refractivity contribution is 5.62. The maximum atomic E-state index is 12.2. The quantitative estimate of drug-likeness (QED) is 0.594. The van der Waals surface area contributed by atoms with E-state index in [2.05, 4.69) is 16.4 Å². The van der Waals surface area contributed by atoms with Crippen molar-refractivity contribution in [2.45, 2.75) is 13.0 Å². The third-order valence-corrected chi connectivity index (χ3v) is 3.86. The molecule has 0 bridgehead atoms. The van der Waals surface area contributed by atoms with Crippen LogP contribution in [0.5, 0.6) is 11.5 Å². The number of nitrogens with zero attached hydrogens (tertiary/aromatic N) is 2. The predicted molar refractivity (Wildman–Crippen MR) is 96.2 cm³/mol. The van der Waals surface area contributed by atoms with E-state index < -0.39 is 6.36 Å². The van der Waals surface area contributed by atoms with Crippen molar-refractivity contribution in [1.29, 1.82) is 0 Å². The van der Waals surface area contributed by atoms with E-state index in [1.165, 1.54) is 24.3 Å². The van der Waals surface area contributed by atoms with E-state index in [0.717, 1.165) is 22.5 Å². The highest BCUT2D eigenvalue weighted by Crippen LogP contribution is 2.25. The summed E-state index contributed by atoms with van der Waals surface area (Å²) >= 11 is 0. The minimum Gasteiger partial charge on any atom is -0.487 e. The van der Waals surface area contributed by atoms with Crippen molar-refractivity contribution in [2.75, 3.05) is 0 Å². The molecular formula is C20H17F3N2O2. The molecule has 0 aliphatic rings. The molecule has 140 valence electrons. The number of benzene rings is 2. The second kappa shape index (κ2) is 7.57. The first-order chi connectivity index (χ1) is 12.8. The van der Waals surface area contributed by atoms with E-state index >= 15 is 0 Å². The molecule has 0 spiro atoms. The van der Waals surface area contributed by atoms with Crippen LogP contribution < -0.4 is 9.47 Å². The van der Waals surface area contributed by atoms with Gasteiger partial charge in [0, 0.05) is 12.6 Å². The molecule has 0 fully saturated rings. The van der Waals surface area contributed by atoms with E-state index in [1.54, 1.807) is 17.8 Å². The first-order valence-corrected chi connectivity index (χ1v) is 8.08. The summed E-state index contributed by atoms with van der Waals surface area (Å²) in [5.74, 6) is 0.142. The lowest BCUT2D eigenvalue weighted by Crippen LogP contribution is -2.16. The van der Waals surface area contributed by atoms with Gasteiger partial charge in [0.2, 0.25) is 0 Å². The molecule has 1 aromatic heterocycles. The van der Waals surface area contributed by atoms with E-state index in [4.69, 9.17) is 4.74 Å². The van der Waals surface area contributed by atoms with Crippen LogP contribution in [0.4, 0.5) is 13.2 Å². The van der Waals surface area contributed by atoms with Crippen LogP contribution in [0.25, 0.3) is 17.3 Å². The summed E-state index contributed by atoms with van der Waals surface area (Å²) in [4.78, 5) is 0. The van der Waals surface area contributed by atoms with E-state index in [1.807, 2.05) is 30.3 Å². The summed E-state index contributed by atoms with van der Waals surface area (Å²) in [7, 11) is 1.81. The Morgan fingerprint density at radius 3 is 2.26 bits per heavy atom. The largest absolute Gasteiger partial charge is 0.573 e. The Bertz CT molecular complexity index is 914. The van der Waals surface area contributed by atoms with Crippen molar-refractivity contribution in [2.24, 2.45) is 7.05 Å². The number of hydrogen-bond donors (Lipinski definition) is 0. The Labute approximate surface area is 154 Å². The van der Waals surface area contributed by atoms with Gasteiger partial charge in [-0.1, -0.05) is 36.9 Å². The van der Waals surface area contributed by atoms with Gasteiger partial charge in [0.25, 0.3) is 0 Å². The SMILES string of the molecule is C=Cc1ccc(-c2cc(COc3ccc(OC(F)(F)F)cc3)n(C)n2)cc1. The smallest absolute Gasteiger partial charge is 0.487 e. The molecule has 2 aromatic carbocycles. The van der Waals surface area contributed by atoms with Crippen molar-refractivity contribution >= 4 is 6.08 Å². The van der Waals surface area contributed by atoms with Gasteiger partial charge in [0.05, 0.1) is 11.4 Å². The first kappa shape index (κ1) is 18.6. The van der Waals surface area contributed by atoms with E-state index in [-0.39, 0.29) is 12.4 Å². The number of ether oxygens (including phenoxy) is 2. The minimum absolute atomic E-state index is 0.230. The monoisotopic (exact) mass is 374 g/mol. The third-order valence-electron chi connectivity index (χ3n) is 3.86. The molecule has 1 heterocycles. The third kappa shape index (κ3) is 4.91. The number of halogens is 3. The summed E-state index contributed by atoms with van der Waals surface area (Å²) < 4.78 is 47.7. The molecule has 4 nitrogen and oxygen atoms in total. The van der Waals surface area contributed by atoms with Gasteiger partial charge in [-0.2, -0.15) is 5.10 Å². The molecule has 0 unspecified atom stereocenters. The standard InChI is InChI=1S/C20H17F3N2O2/c1-3-14-4-6-15(7-5-14)19-12-16(25(2)24-19)13-26-17-8-10-18(11-9-17)27-20(21,22)23/h3-12H,1,13H2,2H3. The van der Waals surface area contributed by atoms with Crippen LogP contribution in [-0.4, -0.2) is 16.1 Å². The zero-order valence-electron chi connectivity index (χ0n) is 14.5. The second-order valence-electron chi connectivity index (χ2n) is 5.78. The summed E-state index contributed by atoms with van der Waals surface area (Å²) in [6.45, 7) is 3.96. The minimum atomic E-state index is -4.71. The summed E-state index contributed by atoms with van der Waals surface area (Å²) in [5.41, 5.74) is 3.63. The molecule has 0 aliphatic carbocycles. The van der Waals surface area contributed by atoms with Gasteiger partial charge in [-0.25, -0.2) is 0 Å². The second-order valence-corrected chi connectivity index (χ2v) is 5.78. The molecule has 3 rings (SSSR count). The lowest BCUT2D eigenvalue weighted by Gasteiger charge is -2.10. The number of aryl methyl sites for hydroxylation is 1. The van der Waals surface area contributed by atoms with Crippen LogP contribution in [0.3, 0.4) is 0 Å². The fourth-order valence-electron chi connectivity index (χ4n) is 2.47. The fraction of sp³-hybridized carbons (Fsp3) is 0.150. The fourth-order valence-corrected chi connectivity index (χ4v) is 2.47. The van der Waals surface area contributed by atoms with Crippen molar-refractivity contribution in [3.8, 4) is 22.8 Å². The van der Waals surface area contributed by atoms with Crippen LogP contribution >= 0.6 is 0 Å². The van der Waals surface area contributed by atoms with Gasteiger partial charge in [-0.15, -0.1) is 13.2 Å². The van der Waals surface area contributed by atoms with Crippen molar-refractivity contribution in [3.05, 3.63) is 72.4 Å². The van der Waals surface area contributed by atoms with Crippen LogP contribution in [0, 0.1) is 0 Å². The van der Waals surface area contributed by atoms with Gasteiger partial charge < -0.3 is 9.47 Å². The molecule has 7 heteroatoms. The molecule has 0 radical (unpaired) electrons. The van der Waals surface area contributed by atoms with Gasteiger partial charge in [0.15, 0.2) is 0 Å². The van der Waals surface area contributed by atoms with Crippen molar-refractivity contribution in [1.82, 2.24) is 9.78 Å². The predicted octanol–water partition coefficient (Wildman–Crippen LogP) is 5.21. The Hall–Kier alpha value is -3.22. The first-order valence-electron chi connectivity index (χ1n) is 8.08. The molecule has 0 aliphatic heterocycles. The summed E-state index contributed by atoms with van der Waals surface area (Å²) in [6.07, 6.45) is -2.94. The average molecular weight is 374 g/mol. The molecule has 0 atom stereocenters.